The van der Waals surface area contributed by atoms with Crippen molar-refractivity contribution in [3.05, 3.63) is 28.4 Å². The van der Waals surface area contributed by atoms with Crippen LogP contribution in [0.25, 0.3) is 11.0 Å². The lowest BCUT2D eigenvalue weighted by Gasteiger charge is -2.01. The highest BCUT2D eigenvalue weighted by atomic mass is 79.9. The van der Waals surface area contributed by atoms with Gasteiger partial charge in [0.25, 0.3) is 0 Å². The molecule has 1 heterocycles. The van der Waals surface area contributed by atoms with E-state index in [4.69, 9.17) is 5.11 Å². The summed E-state index contributed by atoms with van der Waals surface area (Å²) in [6, 6.07) is 3.79. The number of nitrogens with zero attached hydrogens (tertiary/aromatic N) is 2. The number of rotatable bonds is 0. The fraction of sp³-hybridized carbons (Fsp3) is 0.111. The number of aromatic nitrogens is 2. The van der Waals surface area contributed by atoms with E-state index >= 15 is 0 Å². The molecule has 2 rings (SSSR count). The third kappa shape index (κ3) is 1.49. The van der Waals surface area contributed by atoms with E-state index in [0.717, 1.165) is 15.6 Å². The maximum atomic E-state index is 9.12. The number of aromatic hydroxyl groups is 1. The molecule has 2 aromatic rings. The summed E-state index contributed by atoms with van der Waals surface area (Å²) < 4.78 is 0.942. The van der Waals surface area contributed by atoms with Crippen LogP contribution in [0.4, 0.5) is 0 Å². The van der Waals surface area contributed by atoms with Crippen molar-refractivity contribution in [1.82, 2.24) is 9.97 Å². The van der Waals surface area contributed by atoms with Gasteiger partial charge < -0.3 is 5.11 Å². The first-order valence-corrected chi connectivity index (χ1v) is 4.58. The molecule has 66 valence electrons. The fourth-order valence-electron chi connectivity index (χ4n) is 1.25. The van der Waals surface area contributed by atoms with Gasteiger partial charge in [-0.05, 0) is 24.6 Å². The second kappa shape index (κ2) is 2.96. The van der Waals surface area contributed by atoms with Crippen molar-refractivity contribution in [2.24, 2.45) is 0 Å². The second-order valence-electron chi connectivity index (χ2n) is 2.82. The first-order chi connectivity index (χ1) is 6.16. The van der Waals surface area contributed by atoms with Crippen LogP contribution in [0.3, 0.4) is 0 Å². The van der Waals surface area contributed by atoms with Gasteiger partial charge in [-0.1, -0.05) is 15.9 Å². The van der Waals surface area contributed by atoms with Gasteiger partial charge in [0, 0.05) is 4.47 Å². The molecule has 0 saturated heterocycles. The molecule has 0 unspecified atom stereocenters. The van der Waals surface area contributed by atoms with Crippen LogP contribution in [-0.2, 0) is 0 Å². The molecule has 0 aliphatic carbocycles. The van der Waals surface area contributed by atoms with Crippen LogP contribution < -0.4 is 0 Å². The molecule has 4 heteroatoms. The first-order valence-electron chi connectivity index (χ1n) is 3.78. The Balaban J connectivity index is 2.86. The Labute approximate surface area is 83.6 Å². The minimum absolute atomic E-state index is 0.0509. The topological polar surface area (TPSA) is 46.0 Å². The first kappa shape index (κ1) is 8.44. The summed E-state index contributed by atoms with van der Waals surface area (Å²) in [6.07, 6.45) is 1.35. The predicted octanol–water partition coefficient (Wildman–Crippen LogP) is 2.41. The van der Waals surface area contributed by atoms with E-state index in [1.807, 2.05) is 19.1 Å². The van der Waals surface area contributed by atoms with Crippen LogP contribution >= 0.6 is 15.9 Å². The van der Waals surface area contributed by atoms with E-state index in [0.29, 0.717) is 5.52 Å². The highest BCUT2D eigenvalue weighted by Gasteiger charge is 2.02. The standard InChI is InChI=1S/C9H7BrN2O/c1-5-2-6(10)3-7-9(5)11-4-8(13)12-7/h2-4H,1H3,(H,12,13). The molecule has 0 radical (unpaired) electrons. The molecule has 0 fully saturated rings. The summed E-state index contributed by atoms with van der Waals surface area (Å²) in [5.41, 5.74) is 2.56. The molecule has 0 aliphatic heterocycles. The highest BCUT2D eigenvalue weighted by Crippen LogP contribution is 2.21. The van der Waals surface area contributed by atoms with Gasteiger partial charge in [-0.15, -0.1) is 0 Å². The minimum Gasteiger partial charge on any atom is -0.492 e. The average molecular weight is 239 g/mol. The Morgan fingerprint density at radius 2 is 2.15 bits per heavy atom. The van der Waals surface area contributed by atoms with E-state index in [9.17, 15) is 0 Å². The minimum atomic E-state index is -0.0509. The van der Waals surface area contributed by atoms with Crippen LogP contribution in [0, 0.1) is 6.92 Å². The van der Waals surface area contributed by atoms with Gasteiger partial charge in [-0.2, -0.15) is 0 Å². The number of aryl methyl sites for hydroxylation is 1. The number of benzene rings is 1. The van der Waals surface area contributed by atoms with E-state index in [2.05, 4.69) is 25.9 Å². The molecule has 13 heavy (non-hydrogen) atoms. The Kier molecular flexibility index (Phi) is 1.92. The lowest BCUT2D eigenvalue weighted by Crippen LogP contribution is -1.86. The zero-order chi connectivity index (χ0) is 9.42. The van der Waals surface area contributed by atoms with E-state index in [1.165, 1.54) is 6.20 Å². The van der Waals surface area contributed by atoms with Gasteiger partial charge in [0.05, 0.1) is 17.2 Å². The Morgan fingerprint density at radius 3 is 2.92 bits per heavy atom. The summed E-state index contributed by atoms with van der Waals surface area (Å²) in [5, 5.41) is 9.12. The zero-order valence-corrected chi connectivity index (χ0v) is 8.54. The van der Waals surface area contributed by atoms with Crippen LogP contribution in [0.5, 0.6) is 5.88 Å². The third-order valence-electron chi connectivity index (χ3n) is 1.79. The summed E-state index contributed by atoms with van der Waals surface area (Å²) in [7, 11) is 0. The van der Waals surface area contributed by atoms with Crippen molar-refractivity contribution in [1.29, 1.82) is 0 Å². The van der Waals surface area contributed by atoms with Crippen molar-refractivity contribution < 1.29 is 5.11 Å². The predicted molar refractivity (Wildman–Crippen MR) is 53.6 cm³/mol. The molecule has 1 N–H and O–H groups in total. The van der Waals surface area contributed by atoms with E-state index in [-0.39, 0.29) is 5.88 Å². The second-order valence-corrected chi connectivity index (χ2v) is 3.73. The Hall–Kier alpha value is -1.16. The summed E-state index contributed by atoms with van der Waals surface area (Å²) in [4.78, 5) is 8.05. The molecule has 1 aromatic heterocycles. The van der Waals surface area contributed by atoms with Crippen LogP contribution in [-0.4, -0.2) is 15.1 Å². The normalized spacial score (nSPS) is 10.6. The van der Waals surface area contributed by atoms with Gasteiger partial charge in [-0.3, -0.25) is 0 Å². The van der Waals surface area contributed by atoms with Crippen molar-refractivity contribution >= 4 is 27.0 Å². The molecule has 0 spiro atoms. The van der Waals surface area contributed by atoms with Gasteiger partial charge in [-0.25, -0.2) is 9.97 Å². The summed E-state index contributed by atoms with van der Waals surface area (Å²) in [5.74, 6) is -0.0509. The molecule has 0 saturated carbocycles. The lowest BCUT2D eigenvalue weighted by molar-refractivity contribution is 0.453. The number of hydrogen-bond acceptors (Lipinski definition) is 3. The molecule has 0 atom stereocenters. The van der Waals surface area contributed by atoms with Crippen molar-refractivity contribution in [2.75, 3.05) is 0 Å². The quantitative estimate of drug-likeness (QED) is 0.767. The van der Waals surface area contributed by atoms with Gasteiger partial charge in [0.15, 0.2) is 0 Å². The van der Waals surface area contributed by atoms with Crippen molar-refractivity contribution in [3.63, 3.8) is 0 Å². The lowest BCUT2D eigenvalue weighted by atomic mass is 10.2. The van der Waals surface area contributed by atoms with Crippen LogP contribution in [0.2, 0.25) is 0 Å². The smallest absolute Gasteiger partial charge is 0.230 e. The monoisotopic (exact) mass is 238 g/mol. The van der Waals surface area contributed by atoms with Gasteiger partial charge in [0.1, 0.15) is 0 Å². The van der Waals surface area contributed by atoms with Crippen molar-refractivity contribution in [2.45, 2.75) is 6.92 Å². The summed E-state index contributed by atoms with van der Waals surface area (Å²) in [6.45, 7) is 1.96. The number of halogens is 1. The summed E-state index contributed by atoms with van der Waals surface area (Å²) >= 11 is 3.36. The molecular weight excluding hydrogens is 232 g/mol. The van der Waals surface area contributed by atoms with Crippen molar-refractivity contribution in [3.8, 4) is 5.88 Å². The maximum Gasteiger partial charge on any atom is 0.230 e. The maximum absolute atomic E-state index is 9.12. The Morgan fingerprint density at radius 1 is 1.38 bits per heavy atom. The molecule has 1 aromatic carbocycles. The van der Waals surface area contributed by atoms with E-state index < -0.39 is 0 Å². The van der Waals surface area contributed by atoms with Crippen LogP contribution in [0.1, 0.15) is 5.56 Å². The molecular formula is C9H7BrN2O. The molecule has 0 amide bonds. The number of fused-ring (bicyclic) bond motifs is 1. The number of hydrogen-bond donors (Lipinski definition) is 1. The third-order valence-corrected chi connectivity index (χ3v) is 2.25. The zero-order valence-electron chi connectivity index (χ0n) is 6.95. The molecule has 0 aliphatic rings. The largest absolute Gasteiger partial charge is 0.492 e. The highest BCUT2D eigenvalue weighted by molar-refractivity contribution is 9.10. The molecule has 0 bridgehead atoms. The van der Waals surface area contributed by atoms with Gasteiger partial charge >= 0.3 is 0 Å². The SMILES string of the molecule is Cc1cc(Br)cc2nc(O)cnc12. The average Bonchev–Trinajstić information content (AvgIpc) is 2.02. The van der Waals surface area contributed by atoms with Crippen LogP contribution in [0.15, 0.2) is 22.8 Å². The Bertz CT molecular complexity index is 465. The fourth-order valence-corrected chi connectivity index (χ4v) is 1.81. The van der Waals surface area contributed by atoms with Gasteiger partial charge in [0.2, 0.25) is 5.88 Å². The molecule has 3 nitrogen and oxygen atoms in total. The van der Waals surface area contributed by atoms with E-state index in [1.54, 1.807) is 0 Å².